The number of carbonyl (C=O) groups is 1. The van der Waals surface area contributed by atoms with E-state index in [0.717, 1.165) is 16.7 Å². The summed E-state index contributed by atoms with van der Waals surface area (Å²) >= 11 is 0. The van der Waals surface area contributed by atoms with E-state index in [2.05, 4.69) is 29.5 Å². The van der Waals surface area contributed by atoms with Gasteiger partial charge in [0.2, 0.25) is 0 Å². The van der Waals surface area contributed by atoms with Gasteiger partial charge in [0.15, 0.2) is 0 Å². The van der Waals surface area contributed by atoms with E-state index >= 15 is 0 Å². The highest BCUT2D eigenvalue weighted by Gasteiger charge is 2.31. The van der Waals surface area contributed by atoms with Crippen LogP contribution in [0.15, 0.2) is 64.2 Å². The molecule has 0 saturated carbocycles. The smallest absolute Gasteiger partial charge is 0.327 e. The van der Waals surface area contributed by atoms with E-state index in [1.807, 2.05) is 54.6 Å². The fraction of sp³-hybridized carbons (Fsp3) is 0.227. The molecule has 1 aliphatic rings. The third-order valence-electron chi connectivity index (χ3n) is 5.15. The van der Waals surface area contributed by atoms with Gasteiger partial charge in [0.25, 0.3) is 5.56 Å². The number of nitrogens with zero attached hydrogens (tertiary/aromatic N) is 1. The van der Waals surface area contributed by atoms with Gasteiger partial charge in [-0.25, -0.2) is 9.59 Å². The number of carbonyl (C=O) groups excluding carboxylic acids is 1. The first-order valence-corrected chi connectivity index (χ1v) is 9.52. The van der Waals surface area contributed by atoms with E-state index in [1.165, 1.54) is 4.57 Å². The van der Waals surface area contributed by atoms with Gasteiger partial charge in [0.05, 0.1) is 18.2 Å². The van der Waals surface area contributed by atoms with Crippen LogP contribution in [0.1, 0.15) is 48.1 Å². The van der Waals surface area contributed by atoms with Crippen molar-refractivity contribution >= 4 is 11.8 Å². The summed E-state index contributed by atoms with van der Waals surface area (Å²) in [6.07, 6.45) is 0. The maximum atomic E-state index is 12.7. The third-order valence-corrected chi connectivity index (χ3v) is 5.15. The van der Waals surface area contributed by atoms with Gasteiger partial charge < -0.3 is 5.32 Å². The molecule has 1 aromatic heterocycles. The molecule has 1 atom stereocenters. The molecule has 2 aromatic carbocycles. The third kappa shape index (κ3) is 3.59. The second-order valence-electron chi connectivity index (χ2n) is 7.45. The number of aromatic amines is 1. The molecular weight excluding hydrogens is 368 g/mol. The summed E-state index contributed by atoms with van der Waals surface area (Å²) in [5, 5.41) is 5.46. The van der Waals surface area contributed by atoms with E-state index < -0.39 is 23.3 Å². The van der Waals surface area contributed by atoms with Crippen LogP contribution in [-0.4, -0.2) is 15.6 Å². The SMILES string of the molecule is CC(C)c1ccc(C2NC(=O)Nc3c2c(=O)[nH]c(=O)n3Cc2ccccc2)cc1. The Kier molecular flexibility index (Phi) is 4.80. The molecule has 7 nitrogen and oxygen atoms in total. The highest BCUT2D eigenvalue weighted by atomic mass is 16.2. The first kappa shape index (κ1) is 18.7. The predicted octanol–water partition coefficient (Wildman–Crippen LogP) is 2.93. The molecule has 2 amide bonds. The molecule has 0 bridgehead atoms. The van der Waals surface area contributed by atoms with Crippen molar-refractivity contribution in [1.82, 2.24) is 14.9 Å². The van der Waals surface area contributed by atoms with E-state index in [0.29, 0.717) is 11.5 Å². The Morgan fingerprint density at radius 2 is 1.66 bits per heavy atom. The van der Waals surface area contributed by atoms with Crippen LogP contribution in [0.2, 0.25) is 0 Å². The molecule has 0 spiro atoms. The number of fused-ring (bicyclic) bond motifs is 1. The molecule has 3 aromatic rings. The van der Waals surface area contributed by atoms with Crippen molar-refractivity contribution in [2.45, 2.75) is 32.4 Å². The lowest BCUT2D eigenvalue weighted by atomic mass is 9.95. The first-order valence-electron chi connectivity index (χ1n) is 9.52. The maximum absolute atomic E-state index is 12.7. The van der Waals surface area contributed by atoms with Gasteiger partial charge in [-0.15, -0.1) is 0 Å². The Balaban J connectivity index is 1.84. The minimum atomic E-state index is -0.647. The number of hydrogen-bond donors (Lipinski definition) is 3. The largest absolute Gasteiger partial charge is 0.330 e. The number of hydrogen-bond acceptors (Lipinski definition) is 3. The van der Waals surface area contributed by atoms with Crippen LogP contribution in [0, 0.1) is 0 Å². The van der Waals surface area contributed by atoms with Crippen molar-refractivity contribution in [1.29, 1.82) is 0 Å². The van der Waals surface area contributed by atoms with Crippen LogP contribution >= 0.6 is 0 Å². The van der Waals surface area contributed by atoms with E-state index in [9.17, 15) is 14.4 Å². The number of benzene rings is 2. The summed E-state index contributed by atoms with van der Waals surface area (Å²) in [7, 11) is 0. The van der Waals surface area contributed by atoms with Gasteiger partial charge in [0, 0.05) is 0 Å². The first-order chi connectivity index (χ1) is 13.9. The Labute approximate surface area is 167 Å². The Hall–Kier alpha value is -3.61. The molecule has 0 saturated heterocycles. The quantitative estimate of drug-likeness (QED) is 0.639. The minimum absolute atomic E-state index is 0.226. The highest BCUT2D eigenvalue weighted by Crippen LogP contribution is 2.29. The van der Waals surface area contributed by atoms with Gasteiger partial charge in [-0.05, 0) is 22.6 Å². The Morgan fingerprint density at radius 1 is 0.966 bits per heavy atom. The van der Waals surface area contributed by atoms with Crippen molar-refractivity contribution in [2.24, 2.45) is 0 Å². The van der Waals surface area contributed by atoms with Gasteiger partial charge in [-0.1, -0.05) is 68.4 Å². The van der Waals surface area contributed by atoms with Gasteiger partial charge in [-0.2, -0.15) is 0 Å². The lowest BCUT2D eigenvalue weighted by Crippen LogP contribution is -2.46. The van der Waals surface area contributed by atoms with Crippen molar-refractivity contribution < 1.29 is 4.79 Å². The summed E-state index contributed by atoms with van der Waals surface area (Å²) in [6.45, 7) is 4.44. The van der Waals surface area contributed by atoms with Crippen LogP contribution in [-0.2, 0) is 6.54 Å². The van der Waals surface area contributed by atoms with Crippen molar-refractivity contribution in [3.05, 3.63) is 97.7 Å². The minimum Gasteiger partial charge on any atom is -0.327 e. The molecule has 4 rings (SSSR count). The number of amides is 2. The molecule has 148 valence electrons. The normalized spacial score (nSPS) is 15.6. The summed E-state index contributed by atoms with van der Waals surface area (Å²) in [6, 6.07) is 16.1. The molecule has 1 unspecified atom stereocenters. The van der Waals surface area contributed by atoms with Crippen LogP contribution in [0.5, 0.6) is 0 Å². The van der Waals surface area contributed by atoms with Crippen molar-refractivity contribution in [3.8, 4) is 0 Å². The average Bonchev–Trinajstić information content (AvgIpc) is 2.71. The molecule has 3 N–H and O–H groups in total. The lowest BCUT2D eigenvalue weighted by molar-refractivity contribution is 0.248. The number of urea groups is 1. The Morgan fingerprint density at radius 3 is 2.31 bits per heavy atom. The molecule has 7 heteroatoms. The van der Waals surface area contributed by atoms with E-state index in [-0.39, 0.29) is 12.4 Å². The second kappa shape index (κ2) is 7.43. The molecule has 2 heterocycles. The molecular formula is C22H22N4O3. The lowest BCUT2D eigenvalue weighted by Gasteiger charge is -2.28. The van der Waals surface area contributed by atoms with Gasteiger partial charge >= 0.3 is 11.7 Å². The van der Waals surface area contributed by atoms with Crippen LogP contribution in [0.3, 0.4) is 0 Å². The monoisotopic (exact) mass is 390 g/mol. The molecule has 0 aliphatic carbocycles. The summed E-state index contributed by atoms with van der Waals surface area (Å²) in [5.41, 5.74) is 2.07. The van der Waals surface area contributed by atoms with Crippen LogP contribution in [0.4, 0.5) is 10.6 Å². The highest BCUT2D eigenvalue weighted by molar-refractivity contribution is 5.92. The zero-order chi connectivity index (χ0) is 20.5. The van der Waals surface area contributed by atoms with Crippen molar-refractivity contribution in [2.75, 3.05) is 5.32 Å². The number of nitrogens with one attached hydrogen (secondary N) is 3. The van der Waals surface area contributed by atoms with Crippen LogP contribution in [0.25, 0.3) is 0 Å². The number of rotatable bonds is 4. The summed E-state index contributed by atoms with van der Waals surface area (Å²) < 4.78 is 1.39. The molecule has 0 fully saturated rings. The number of H-pyrrole nitrogens is 1. The maximum Gasteiger partial charge on any atom is 0.330 e. The van der Waals surface area contributed by atoms with Crippen LogP contribution < -0.4 is 21.9 Å². The summed E-state index contributed by atoms with van der Waals surface area (Å²) in [5.74, 6) is 0.600. The van der Waals surface area contributed by atoms with Gasteiger partial charge in [0.1, 0.15) is 5.82 Å². The predicted molar refractivity (Wildman–Crippen MR) is 111 cm³/mol. The van der Waals surface area contributed by atoms with Crippen molar-refractivity contribution in [3.63, 3.8) is 0 Å². The zero-order valence-electron chi connectivity index (χ0n) is 16.2. The molecule has 1 aliphatic heterocycles. The average molecular weight is 390 g/mol. The summed E-state index contributed by atoms with van der Waals surface area (Å²) in [4.78, 5) is 40.0. The topological polar surface area (TPSA) is 96.0 Å². The standard InChI is InChI=1S/C22H22N4O3/c1-13(2)15-8-10-16(11-9-15)18-17-19(24-21(28)23-18)26(22(29)25-20(17)27)12-14-6-4-3-5-7-14/h3-11,13,18H,12H2,1-2H3,(H2,23,24,28)(H,25,27,29). The molecule has 29 heavy (non-hydrogen) atoms. The Bertz CT molecular complexity index is 1160. The fourth-order valence-corrected chi connectivity index (χ4v) is 3.58. The van der Waals surface area contributed by atoms with Gasteiger partial charge in [-0.3, -0.25) is 19.7 Å². The second-order valence-corrected chi connectivity index (χ2v) is 7.45. The van der Waals surface area contributed by atoms with E-state index in [4.69, 9.17) is 0 Å². The zero-order valence-corrected chi connectivity index (χ0v) is 16.2. The van der Waals surface area contributed by atoms with E-state index in [1.54, 1.807) is 0 Å². The molecule has 0 radical (unpaired) electrons. The fourth-order valence-electron chi connectivity index (χ4n) is 3.58. The number of anilines is 1. The number of aromatic nitrogens is 2.